The minimum Gasteiger partial charge on any atom is -0.328 e. The summed E-state index contributed by atoms with van der Waals surface area (Å²) in [5.41, 5.74) is 2.56. The van der Waals surface area contributed by atoms with Gasteiger partial charge < -0.3 is 9.88 Å². The third-order valence-corrected chi connectivity index (χ3v) is 4.88. The first-order chi connectivity index (χ1) is 13.0. The number of nitro benzene ring substituents is 1. The number of halogens is 1. The van der Waals surface area contributed by atoms with E-state index in [2.05, 4.69) is 14.9 Å². The van der Waals surface area contributed by atoms with Gasteiger partial charge in [-0.1, -0.05) is 23.7 Å². The third-order valence-electron chi connectivity index (χ3n) is 4.56. The van der Waals surface area contributed by atoms with Crippen molar-refractivity contribution in [1.29, 1.82) is 0 Å². The van der Waals surface area contributed by atoms with Crippen LogP contribution in [0.4, 0.5) is 11.4 Å². The Balaban J connectivity index is 1.52. The van der Waals surface area contributed by atoms with Crippen LogP contribution in [-0.4, -0.2) is 20.4 Å². The Morgan fingerprint density at radius 1 is 1.22 bits per heavy atom. The second-order valence-corrected chi connectivity index (χ2v) is 6.68. The number of amides is 1. The van der Waals surface area contributed by atoms with Gasteiger partial charge in [-0.05, 0) is 36.2 Å². The Bertz CT molecular complexity index is 1040. The number of hydrogen-bond donors (Lipinski definition) is 1. The highest BCUT2D eigenvalue weighted by molar-refractivity contribution is 6.32. The zero-order chi connectivity index (χ0) is 19.0. The molecule has 3 aromatic rings. The normalized spacial score (nSPS) is 12.6. The summed E-state index contributed by atoms with van der Waals surface area (Å²) < 4.78 is 2.21. The van der Waals surface area contributed by atoms with Gasteiger partial charge in [0.15, 0.2) is 0 Å². The number of nitrogens with one attached hydrogen (secondary N) is 1. The SMILES string of the molecule is O=C(Nc1ccc(-c2cnc3n2CCC3)cc1)c1ccc(Cl)c([N+](=O)[O-])c1. The van der Waals surface area contributed by atoms with Crippen molar-refractivity contribution >= 4 is 28.9 Å². The predicted molar refractivity (Wildman–Crippen MR) is 102 cm³/mol. The van der Waals surface area contributed by atoms with E-state index in [9.17, 15) is 14.9 Å². The smallest absolute Gasteiger partial charge is 0.288 e. The summed E-state index contributed by atoms with van der Waals surface area (Å²) in [5, 5.41) is 13.7. The number of anilines is 1. The van der Waals surface area contributed by atoms with Gasteiger partial charge in [-0.2, -0.15) is 0 Å². The topological polar surface area (TPSA) is 90.1 Å². The van der Waals surface area contributed by atoms with Gasteiger partial charge in [0.25, 0.3) is 11.6 Å². The molecule has 0 unspecified atom stereocenters. The molecule has 27 heavy (non-hydrogen) atoms. The summed E-state index contributed by atoms with van der Waals surface area (Å²) in [6.07, 6.45) is 3.98. The van der Waals surface area contributed by atoms with Crippen molar-refractivity contribution < 1.29 is 9.72 Å². The monoisotopic (exact) mass is 382 g/mol. The lowest BCUT2D eigenvalue weighted by molar-refractivity contribution is -0.384. The van der Waals surface area contributed by atoms with Crippen molar-refractivity contribution in [2.75, 3.05) is 5.32 Å². The lowest BCUT2D eigenvalue weighted by Gasteiger charge is -2.08. The van der Waals surface area contributed by atoms with E-state index in [1.165, 1.54) is 18.2 Å². The molecule has 1 aromatic heterocycles. The molecule has 0 bridgehead atoms. The highest BCUT2D eigenvalue weighted by atomic mass is 35.5. The Kier molecular flexibility index (Phi) is 4.37. The lowest BCUT2D eigenvalue weighted by Crippen LogP contribution is -2.12. The molecule has 0 atom stereocenters. The number of carbonyl (C=O) groups is 1. The van der Waals surface area contributed by atoms with Crippen LogP contribution in [0.3, 0.4) is 0 Å². The van der Waals surface area contributed by atoms with Gasteiger partial charge in [0, 0.05) is 30.3 Å². The second-order valence-electron chi connectivity index (χ2n) is 6.27. The maximum Gasteiger partial charge on any atom is 0.288 e. The number of nitrogens with zero attached hydrogens (tertiary/aromatic N) is 3. The van der Waals surface area contributed by atoms with Crippen molar-refractivity contribution in [3.8, 4) is 11.3 Å². The molecule has 0 aliphatic carbocycles. The number of hydrogen-bond acceptors (Lipinski definition) is 4. The van der Waals surface area contributed by atoms with Crippen LogP contribution in [-0.2, 0) is 13.0 Å². The van der Waals surface area contributed by atoms with Gasteiger partial charge in [0.2, 0.25) is 0 Å². The van der Waals surface area contributed by atoms with Gasteiger partial charge >= 0.3 is 0 Å². The Hall–Kier alpha value is -3.19. The fraction of sp³-hybridized carbons (Fsp3) is 0.158. The zero-order valence-corrected chi connectivity index (χ0v) is 14.9. The summed E-state index contributed by atoms with van der Waals surface area (Å²) >= 11 is 5.78. The van der Waals surface area contributed by atoms with Crippen LogP contribution in [0.5, 0.6) is 0 Å². The first-order valence-electron chi connectivity index (χ1n) is 8.43. The zero-order valence-electron chi connectivity index (χ0n) is 14.2. The maximum atomic E-state index is 12.4. The summed E-state index contributed by atoms with van der Waals surface area (Å²) in [6, 6.07) is 11.4. The number of aromatic nitrogens is 2. The van der Waals surface area contributed by atoms with E-state index in [1.54, 1.807) is 12.1 Å². The highest BCUT2D eigenvalue weighted by Crippen LogP contribution is 2.28. The van der Waals surface area contributed by atoms with Crippen LogP contribution in [0.25, 0.3) is 11.3 Å². The van der Waals surface area contributed by atoms with Crippen LogP contribution in [0, 0.1) is 10.1 Å². The van der Waals surface area contributed by atoms with Gasteiger partial charge in [-0.25, -0.2) is 4.98 Å². The molecule has 1 aliphatic heterocycles. The van der Waals surface area contributed by atoms with E-state index in [0.29, 0.717) is 5.69 Å². The number of fused-ring (bicyclic) bond motifs is 1. The molecule has 2 heterocycles. The molecule has 1 aliphatic rings. The van der Waals surface area contributed by atoms with Crippen molar-refractivity contribution in [3.05, 3.63) is 75.2 Å². The van der Waals surface area contributed by atoms with Gasteiger partial charge in [-0.3, -0.25) is 14.9 Å². The number of nitro groups is 1. The van der Waals surface area contributed by atoms with Crippen molar-refractivity contribution in [1.82, 2.24) is 9.55 Å². The first-order valence-corrected chi connectivity index (χ1v) is 8.81. The average Bonchev–Trinajstić information content (AvgIpc) is 3.26. The molecule has 136 valence electrons. The number of benzene rings is 2. The van der Waals surface area contributed by atoms with E-state index in [4.69, 9.17) is 11.6 Å². The lowest BCUT2D eigenvalue weighted by atomic mass is 10.1. The third kappa shape index (κ3) is 3.29. The maximum absolute atomic E-state index is 12.4. The largest absolute Gasteiger partial charge is 0.328 e. The van der Waals surface area contributed by atoms with E-state index >= 15 is 0 Å². The molecule has 1 amide bonds. The first kappa shape index (κ1) is 17.2. The van der Waals surface area contributed by atoms with Crippen LogP contribution in [0.2, 0.25) is 5.02 Å². The molecule has 1 N–H and O–H groups in total. The summed E-state index contributed by atoms with van der Waals surface area (Å²) in [6.45, 7) is 0.971. The van der Waals surface area contributed by atoms with E-state index < -0.39 is 10.8 Å². The minimum atomic E-state index is -0.613. The van der Waals surface area contributed by atoms with Gasteiger partial charge in [-0.15, -0.1) is 0 Å². The number of rotatable bonds is 4. The molecule has 0 saturated heterocycles. The quantitative estimate of drug-likeness (QED) is 0.537. The molecular weight excluding hydrogens is 368 g/mol. The standard InChI is InChI=1S/C19H15ClN4O3/c20-15-8-5-13(10-16(15)24(26)27)19(25)22-14-6-3-12(4-7-14)17-11-21-18-2-1-9-23(17)18/h3-8,10-11H,1-2,9H2,(H,22,25). The molecule has 4 rings (SSSR count). The van der Waals surface area contributed by atoms with E-state index in [-0.39, 0.29) is 16.3 Å². The fourth-order valence-electron chi connectivity index (χ4n) is 3.21. The number of carbonyl (C=O) groups excluding carboxylic acids is 1. The molecule has 0 saturated carbocycles. The molecule has 2 aromatic carbocycles. The summed E-state index contributed by atoms with van der Waals surface area (Å²) in [5.74, 6) is 0.666. The van der Waals surface area contributed by atoms with Gasteiger partial charge in [0.1, 0.15) is 10.8 Å². The fourth-order valence-corrected chi connectivity index (χ4v) is 3.40. The molecular formula is C19H15ClN4O3. The minimum absolute atomic E-state index is 0.00533. The van der Waals surface area contributed by atoms with E-state index in [1.807, 2.05) is 18.3 Å². The molecule has 8 heteroatoms. The van der Waals surface area contributed by atoms with Crippen molar-refractivity contribution in [2.24, 2.45) is 0 Å². The second kappa shape index (κ2) is 6.85. The number of imidazole rings is 1. The molecule has 0 radical (unpaired) electrons. The van der Waals surface area contributed by atoms with Crippen LogP contribution in [0.15, 0.2) is 48.7 Å². The molecule has 0 fully saturated rings. The average molecular weight is 383 g/mol. The Morgan fingerprint density at radius 2 is 2.00 bits per heavy atom. The Labute approximate surface area is 159 Å². The predicted octanol–water partition coefficient (Wildman–Crippen LogP) is 4.31. The van der Waals surface area contributed by atoms with Crippen LogP contribution >= 0.6 is 11.6 Å². The highest BCUT2D eigenvalue weighted by Gasteiger charge is 2.18. The number of aryl methyl sites for hydroxylation is 1. The van der Waals surface area contributed by atoms with Crippen LogP contribution < -0.4 is 5.32 Å². The Morgan fingerprint density at radius 3 is 2.74 bits per heavy atom. The van der Waals surface area contributed by atoms with Crippen molar-refractivity contribution in [2.45, 2.75) is 19.4 Å². The van der Waals surface area contributed by atoms with Gasteiger partial charge in [0.05, 0.1) is 16.8 Å². The van der Waals surface area contributed by atoms with Crippen molar-refractivity contribution in [3.63, 3.8) is 0 Å². The molecule has 0 spiro atoms. The van der Waals surface area contributed by atoms with E-state index in [0.717, 1.165) is 36.5 Å². The molecule has 7 nitrogen and oxygen atoms in total. The summed E-state index contributed by atoms with van der Waals surface area (Å²) in [4.78, 5) is 27.2. The van der Waals surface area contributed by atoms with Crippen LogP contribution in [0.1, 0.15) is 22.6 Å². The summed E-state index contributed by atoms with van der Waals surface area (Å²) in [7, 11) is 0.